The summed E-state index contributed by atoms with van der Waals surface area (Å²) in [4.78, 5) is 31.9. The fourth-order valence-corrected chi connectivity index (χ4v) is 3.75. The molecule has 3 aromatic rings. The molecule has 28 heavy (non-hydrogen) atoms. The van der Waals surface area contributed by atoms with Crippen molar-refractivity contribution in [3.63, 3.8) is 0 Å². The standard InChI is InChI=1S/C19H17BrN4O3S/c1-19(2,3)27-18(26)24-9-12(20)14-10(6-5-7-13(14)24)15-11(8-21)16(25)23-17(22-15)28-4/h5-7,9H,1-4H3,(H,22,23,25). The van der Waals surface area contributed by atoms with Gasteiger partial charge in [-0.25, -0.2) is 9.78 Å². The molecule has 9 heteroatoms. The number of carbonyl (C=O) groups excluding carboxylic acids is 1. The number of nitriles is 1. The molecular weight excluding hydrogens is 444 g/mol. The van der Waals surface area contributed by atoms with Gasteiger partial charge in [0, 0.05) is 21.6 Å². The van der Waals surface area contributed by atoms with E-state index in [-0.39, 0.29) is 11.3 Å². The van der Waals surface area contributed by atoms with Crippen LogP contribution < -0.4 is 5.56 Å². The van der Waals surface area contributed by atoms with Crippen molar-refractivity contribution in [1.29, 1.82) is 5.26 Å². The van der Waals surface area contributed by atoms with Crippen LogP contribution in [0.15, 0.2) is 38.8 Å². The molecule has 0 unspecified atom stereocenters. The Hall–Kier alpha value is -2.57. The van der Waals surface area contributed by atoms with Gasteiger partial charge in [0.15, 0.2) is 5.16 Å². The average molecular weight is 461 g/mol. The van der Waals surface area contributed by atoms with Gasteiger partial charge >= 0.3 is 6.09 Å². The molecule has 1 aromatic carbocycles. The third kappa shape index (κ3) is 3.70. The number of benzene rings is 1. The Labute approximate surface area is 173 Å². The molecule has 0 saturated carbocycles. The van der Waals surface area contributed by atoms with Gasteiger partial charge in [0.1, 0.15) is 17.2 Å². The number of hydrogen-bond acceptors (Lipinski definition) is 6. The average Bonchev–Trinajstić information content (AvgIpc) is 2.97. The Bertz CT molecular complexity index is 1180. The van der Waals surface area contributed by atoms with Crippen LogP contribution in [0.25, 0.3) is 22.2 Å². The van der Waals surface area contributed by atoms with Gasteiger partial charge in [0.2, 0.25) is 0 Å². The van der Waals surface area contributed by atoms with Crippen LogP contribution in [0.2, 0.25) is 0 Å². The number of thioether (sulfide) groups is 1. The van der Waals surface area contributed by atoms with E-state index in [1.807, 2.05) is 6.07 Å². The molecule has 0 aliphatic carbocycles. The summed E-state index contributed by atoms with van der Waals surface area (Å²) < 4.78 is 7.49. The van der Waals surface area contributed by atoms with Crippen LogP contribution in [0.5, 0.6) is 0 Å². The van der Waals surface area contributed by atoms with Crippen LogP contribution in [-0.2, 0) is 4.74 Å². The SMILES string of the molecule is CSc1nc(-c2cccc3c2c(Br)cn3C(=O)OC(C)(C)C)c(C#N)c(=O)[nH]1. The summed E-state index contributed by atoms with van der Waals surface area (Å²) in [5.74, 6) is 0. The summed E-state index contributed by atoms with van der Waals surface area (Å²) in [5, 5.41) is 10.5. The maximum Gasteiger partial charge on any atom is 0.419 e. The second kappa shape index (κ2) is 7.45. The number of rotatable bonds is 2. The largest absolute Gasteiger partial charge is 0.443 e. The van der Waals surface area contributed by atoms with Crippen molar-refractivity contribution in [2.45, 2.75) is 31.5 Å². The van der Waals surface area contributed by atoms with E-state index in [0.717, 1.165) is 0 Å². The smallest absolute Gasteiger partial charge is 0.419 e. The van der Waals surface area contributed by atoms with Gasteiger partial charge < -0.3 is 9.72 Å². The number of carbonyl (C=O) groups is 1. The van der Waals surface area contributed by atoms with E-state index in [4.69, 9.17) is 4.74 Å². The molecule has 1 N–H and O–H groups in total. The molecule has 0 amide bonds. The van der Waals surface area contributed by atoms with Crippen molar-refractivity contribution in [3.8, 4) is 17.3 Å². The second-order valence-corrected chi connectivity index (χ2v) is 8.59. The van der Waals surface area contributed by atoms with E-state index < -0.39 is 17.3 Å². The van der Waals surface area contributed by atoms with E-state index in [0.29, 0.717) is 26.1 Å². The highest BCUT2D eigenvalue weighted by Gasteiger charge is 2.23. The summed E-state index contributed by atoms with van der Waals surface area (Å²) in [6, 6.07) is 7.20. The number of aromatic nitrogens is 3. The van der Waals surface area contributed by atoms with E-state index >= 15 is 0 Å². The second-order valence-electron chi connectivity index (χ2n) is 6.94. The Morgan fingerprint density at radius 3 is 2.71 bits per heavy atom. The van der Waals surface area contributed by atoms with E-state index in [1.165, 1.54) is 16.3 Å². The van der Waals surface area contributed by atoms with Gasteiger partial charge in [0.05, 0.1) is 11.2 Å². The molecule has 0 bridgehead atoms. The van der Waals surface area contributed by atoms with Crippen LogP contribution in [0.3, 0.4) is 0 Å². The van der Waals surface area contributed by atoms with Crippen molar-refractivity contribution >= 4 is 44.7 Å². The van der Waals surface area contributed by atoms with E-state index in [2.05, 4.69) is 25.9 Å². The highest BCUT2D eigenvalue weighted by molar-refractivity contribution is 9.10. The van der Waals surface area contributed by atoms with Gasteiger partial charge in [-0.1, -0.05) is 23.9 Å². The zero-order chi connectivity index (χ0) is 20.6. The monoisotopic (exact) mass is 460 g/mol. The number of halogens is 1. The molecule has 0 aliphatic rings. The molecule has 0 spiro atoms. The van der Waals surface area contributed by atoms with Gasteiger partial charge in [-0.3, -0.25) is 9.36 Å². The fraction of sp³-hybridized carbons (Fsp3) is 0.263. The predicted molar refractivity (Wildman–Crippen MR) is 112 cm³/mol. The zero-order valence-corrected chi connectivity index (χ0v) is 18.1. The highest BCUT2D eigenvalue weighted by Crippen LogP contribution is 2.36. The number of nitrogens with zero attached hydrogens (tertiary/aromatic N) is 3. The molecule has 7 nitrogen and oxygen atoms in total. The lowest BCUT2D eigenvalue weighted by molar-refractivity contribution is 0.0544. The lowest BCUT2D eigenvalue weighted by Gasteiger charge is -2.19. The molecule has 2 aromatic heterocycles. The minimum Gasteiger partial charge on any atom is -0.443 e. The first-order valence-corrected chi connectivity index (χ1v) is 10.3. The molecule has 0 radical (unpaired) electrons. The van der Waals surface area contributed by atoms with Gasteiger partial charge in [-0.05, 0) is 49.0 Å². The first-order valence-electron chi connectivity index (χ1n) is 8.28. The predicted octanol–water partition coefficient (Wildman–Crippen LogP) is 4.53. The van der Waals surface area contributed by atoms with Crippen LogP contribution in [0.1, 0.15) is 26.3 Å². The lowest BCUT2D eigenvalue weighted by Crippen LogP contribution is -2.26. The summed E-state index contributed by atoms with van der Waals surface area (Å²) in [6.45, 7) is 5.38. The minimum absolute atomic E-state index is 0.0813. The molecule has 3 rings (SSSR count). The minimum atomic E-state index is -0.646. The number of ether oxygens (including phenoxy) is 1. The van der Waals surface area contributed by atoms with Crippen molar-refractivity contribution < 1.29 is 9.53 Å². The lowest BCUT2D eigenvalue weighted by atomic mass is 10.0. The zero-order valence-electron chi connectivity index (χ0n) is 15.7. The number of fused-ring (bicyclic) bond motifs is 1. The van der Waals surface area contributed by atoms with Crippen LogP contribution >= 0.6 is 27.7 Å². The third-order valence-corrected chi connectivity index (χ3v) is 5.01. The van der Waals surface area contributed by atoms with E-state index in [1.54, 1.807) is 51.4 Å². The Kier molecular flexibility index (Phi) is 5.37. The number of aromatic amines is 1. The summed E-state index contributed by atoms with van der Waals surface area (Å²) in [6.07, 6.45) is 2.87. The quantitative estimate of drug-likeness (QED) is 0.445. The molecular formula is C19H17BrN4O3S. The molecule has 0 fully saturated rings. The summed E-state index contributed by atoms with van der Waals surface area (Å²) in [7, 11) is 0. The van der Waals surface area contributed by atoms with Gasteiger partial charge in [-0.2, -0.15) is 5.26 Å². The number of H-pyrrole nitrogens is 1. The van der Waals surface area contributed by atoms with Gasteiger partial charge in [-0.15, -0.1) is 0 Å². The number of hydrogen-bond donors (Lipinski definition) is 1. The fourth-order valence-electron chi connectivity index (χ4n) is 2.75. The van der Waals surface area contributed by atoms with Crippen molar-refractivity contribution in [2.75, 3.05) is 6.26 Å². The first-order chi connectivity index (χ1) is 13.2. The molecule has 144 valence electrons. The van der Waals surface area contributed by atoms with E-state index in [9.17, 15) is 14.9 Å². The number of nitrogens with one attached hydrogen (secondary N) is 1. The normalized spacial score (nSPS) is 11.4. The summed E-state index contributed by atoms with van der Waals surface area (Å²) in [5.41, 5.74) is 0.190. The van der Waals surface area contributed by atoms with Crippen molar-refractivity contribution in [2.24, 2.45) is 0 Å². The molecule has 0 aliphatic heterocycles. The van der Waals surface area contributed by atoms with Crippen LogP contribution in [-0.4, -0.2) is 32.5 Å². The van der Waals surface area contributed by atoms with Crippen LogP contribution in [0.4, 0.5) is 4.79 Å². The van der Waals surface area contributed by atoms with Crippen LogP contribution in [0, 0.1) is 11.3 Å². The molecule has 0 saturated heterocycles. The Morgan fingerprint density at radius 1 is 1.39 bits per heavy atom. The highest BCUT2D eigenvalue weighted by atomic mass is 79.9. The van der Waals surface area contributed by atoms with Gasteiger partial charge in [0.25, 0.3) is 5.56 Å². The summed E-state index contributed by atoms with van der Waals surface area (Å²) >= 11 is 4.75. The molecule has 0 atom stereocenters. The van der Waals surface area contributed by atoms with Crippen molar-refractivity contribution in [3.05, 3.63) is 44.8 Å². The maximum atomic E-state index is 12.6. The van der Waals surface area contributed by atoms with Crippen molar-refractivity contribution in [1.82, 2.24) is 14.5 Å². The Balaban J connectivity index is 2.29. The third-order valence-electron chi connectivity index (χ3n) is 3.83. The molecule has 2 heterocycles. The topological polar surface area (TPSA) is 101 Å². The maximum absolute atomic E-state index is 12.6. The first kappa shape index (κ1) is 20.2. The Morgan fingerprint density at radius 2 is 2.11 bits per heavy atom.